The number of furan rings is 1. The smallest absolute Gasteiger partial charge is 0.223 e. The normalized spacial score (nSPS) is 16.6. The first-order valence-electron chi connectivity index (χ1n) is 10.4. The third kappa shape index (κ3) is 5.27. The highest BCUT2D eigenvalue weighted by Crippen LogP contribution is 2.30. The number of hydrogen-bond donors (Lipinski definition) is 0. The van der Waals surface area contributed by atoms with Crippen LogP contribution in [0.2, 0.25) is 0 Å². The summed E-state index contributed by atoms with van der Waals surface area (Å²) in [5.74, 6) is 2.04. The molecule has 1 fully saturated rings. The number of pyridine rings is 1. The lowest BCUT2D eigenvalue weighted by atomic mass is 9.92. The van der Waals surface area contributed by atoms with Crippen LogP contribution in [0.5, 0.6) is 0 Å². The van der Waals surface area contributed by atoms with E-state index in [1.54, 1.807) is 24.2 Å². The maximum absolute atomic E-state index is 12.7. The molecule has 0 saturated carbocycles. The fourth-order valence-corrected chi connectivity index (χ4v) is 4.55. The summed E-state index contributed by atoms with van der Waals surface area (Å²) in [5, 5.41) is 0.766. The Morgan fingerprint density at radius 2 is 2.20 bits per heavy atom. The van der Waals surface area contributed by atoms with Gasteiger partial charge in [-0.1, -0.05) is 17.8 Å². The average Bonchev–Trinajstić information content (AvgIpc) is 3.31. The molecule has 0 aliphatic carbocycles. The first kappa shape index (κ1) is 20.6. The Bertz CT molecular complexity index is 963. The van der Waals surface area contributed by atoms with Gasteiger partial charge in [0, 0.05) is 50.0 Å². The maximum Gasteiger partial charge on any atom is 0.223 e. The number of carbonyl (C=O) groups excluding carboxylic acids is 1. The zero-order valence-electron chi connectivity index (χ0n) is 17.2. The van der Waals surface area contributed by atoms with Crippen molar-refractivity contribution in [3.05, 3.63) is 71.7 Å². The van der Waals surface area contributed by atoms with Crippen LogP contribution in [0.4, 0.5) is 0 Å². The summed E-state index contributed by atoms with van der Waals surface area (Å²) in [6.07, 6.45) is 8.53. The van der Waals surface area contributed by atoms with Gasteiger partial charge in [0.25, 0.3) is 0 Å². The van der Waals surface area contributed by atoms with Crippen LogP contribution < -0.4 is 0 Å². The molecule has 30 heavy (non-hydrogen) atoms. The molecule has 1 amide bonds. The highest BCUT2D eigenvalue weighted by molar-refractivity contribution is 7.98. The predicted molar refractivity (Wildman–Crippen MR) is 116 cm³/mol. The second-order valence-electron chi connectivity index (χ2n) is 7.59. The van der Waals surface area contributed by atoms with Crippen molar-refractivity contribution in [2.45, 2.75) is 49.4 Å². The topological polar surface area (TPSA) is 72.1 Å². The Kier molecular flexibility index (Phi) is 6.79. The molecule has 1 unspecified atom stereocenters. The monoisotopic (exact) mass is 422 g/mol. The molecule has 0 bridgehead atoms. The number of amides is 1. The second kappa shape index (κ2) is 9.89. The van der Waals surface area contributed by atoms with E-state index >= 15 is 0 Å². The second-order valence-corrected chi connectivity index (χ2v) is 8.53. The van der Waals surface area contributed by atoms with Crippen molar-refractivity contribution < 1.29 is 9.21 Å². The summed E-state index contributed by atoms with van der Waals surface area (Å²) in [5.41, 5.74) is 3.17. The molecule has 0 radical (unpaired) electrons. The van der Waals surface area contributed by atoms with E-state index < -0.39 is 0 Å². The van der Waals surface area contributed by atoms with Crippen molar-refractivity contribution in [1.82, 2.24) is 19.9 Å². The van der Waals surface area contributed by atoms with Crippen LogP contribution in [-0.2, 0) is 17.0 Å². The number of rotatable bonds is 7. The first-order chi connectivity index (χ1) is 14.7. The van der Waals surface area contributed by atoms with Gasteiger partial charge in [-0.2, -0.15) is 0 Å². The van der Waals surface area contributed by atoms with E-state index in [1.807, 2.05) is 41.4 Å². The largest absolute Gasteiger partial charge is 0.469 e. The number of aryl methyl sites for hydroxylation is 2. The van der Waals surface area contributed by atoms with Crippen molar-refractivity contribution in [2.24, 2.45) is 0 Å². The minimum Gasteiger partial charge on any atom is -0.469 e. The van der Waals surface area contributed by atoms with Gasteiger partial charge in [0.15, 0.2) is 5.16 Å². The molecule has 1 saturated heterocycles. The molecular weight excluding hydrogens is 396 g/mol. The van der Waals surface area contributed by atoms with Crippen LogP contribution in [0.15, 0.2) is 58.6 Å². The van der Waals surface area contributed by atoms with Gasteiger partial charge in [-0.25, -0.2) is 9.97 Å². The Morgan fingerprint density at radius 1 is 1.27 bits per heavy atom. The molecule has 6 nitrogen and oxygen atoms in total. The zero-order valence-corrected chi connectivity index (χ0v) is 18.0. The Balaban J connectivity index is 1.39. The van der Waals surface area contributed by atoms with E-state index in [1.165, 1.54) is 0 Å². The number of thioether (sulfide) groups is 1. The Morgan fingerprint density at radius 3 is 3.00 bits per heavy atom. The molecule has 4 rings (SSSR count). The fraction of sp³-hybridized carbons (Fsp3) is 0.391. The molecule has 0 aromatic carbocycles. The number of piperidine rings is 1. The van der Waals surface area contributed by atoms with Crippen LogP contribution in [0.3, 0.4) is 0 Å². The van der Waals surface area contributed by atoms with Crippen molar-refractivity contribution in [1.29, 1.82) is 0 Å². The van der Waals surface area contributed by atoms with Crippen LogP contribution in [0.1, 0.15) is 47.9 Å². The molecule has 7 heteroatoms. The molecule has 0 spiro atoms. The Labute approximate surface area is 181 Å². The number of carbonyl (C=O) groups is 1. The fourth-order valence-electron chi connectivity index (χ4n) is 3.81. The minimum absolute atomic E-state index is 0.188. The van der Waals surface area contributed by atoms with Crippen molar-refractivity contribution in [3.8, 4) is 0 Å². The molecule has 4 heterocycles. The quantitative estimate of drug-likeness (QED) is 0.415. The molecule has 0 N–H and O–H groups in total. The van der Waals surface area contributed by atoms with Crippen LogP contribution in [0, 0.1) is 6.92 Å². The van der Waals surface area contributed by atoms with E-state index in [9.17, 15) is 4.79 Å². The molecule has 3 aromatic heterocycles. The third-order valence-electron chi connectivity index (χ3n) is 5.39. The summed E-state index contributed by atoms with van der Waals surface area (Å²) < 4.78 is 5.35. The first-order valence-corrected chi connectivity index (χ1v) is 11.3. The van der Waals surface area contributed by atoms with E-state index in [4.69, 9.17) is 9.40 Å². The summed E-state index contributed by atoms with van der Waals surface area (Å²) >= 11 is 1.60. The lowest BCUT2D eigenvalue weighted by molar-refractivity contribution is -0.132. The van der Waals surface area contributed by atoms with Crippen LogP contribution in [-0.4, -0.2) is 38.8 Å². The highest BCUT2D eigenvalue weighted by atomic mass is 32.2. The summed E-state index contributed by atoms with van der Waals surface area (Å²) in [4.78, 5) is 28.4. The molecule has 1 aliphatic heterocycles. The summed E-state index contributed by atoms with van der Waals surface area (Å²) in [6, 6.07) is 9.69. The van der Waals surface area contributed by atoms with Gasteiger partial charge in [-0.3, -0.25) is 9.78 Å². The zero-order chi connectivity index (χ0) is 20.8. The third-order valence-corrected chi connectivity index (χ3v) is 6.29. The summed E-state index contributed by atoms with van der Waals surface area (Å²) in [6.45, 7) is 3.60. The van der Waals surface area contributed by atoms with Gasteiger partial charge in [0.05, 0.1) is 17.7 Å². The van der Waals surface area contributed by atoms with Gasteiger partial charge in [0.1, 0.15) is 5.76 Å². The lowest BCUT2D eigenvalue weighted by Gasteiger charge is -2.33. The van der Waals surface area contributed by atoms with E-state index in [0.717, 1.165) is 59.6 Å². The van der Waals surface area contributed by atoms with Gasteiger partial charge < -0.3 is 9.32 Å². The molecule has 3 aromatic rings. The van der Waals surface area contributed by atoms with Crippen molar-refractivity contribution in [3.63, 3.8) is 0 Å². The molecule has 156 valence electrons. The minimum atomic E-state index is 0.188. The molecule has 1 atom stereocenters. The van der Waals surface area contributed by atoms with Crippen LogP contribution >= 0.6 is 11.8 Å². The standard InChI is InChI=1S/C23H26N4O2S/c1-17-14-25-23(30-16-19-7-2-3-11-24-19)26-22(17)18-6-4-12-27(15-18)21(28)10-9-20-8-5-13-29-20/h2-3,5,7-8,11,13-14,18H,4,6,9-10,12,15-16H2,1H3. The molecule has 1 aliphatic rings. The van der Waals surface area contributed by atoms with Gasteiger partial charge >= 0.3 is 0 Å². The number of likely N-dealkylation sites (tertiary alicyclic amines) is 1. The Hall–Kier alpha value is -2.67. The molecular formula is C23H26N4O2S. The van der Waals surface area contributed by atoms with Crippen molar-refractivity contribution in [2.75, 3.05) is 13.1 Å². The van der Waals surface area contributed by atoms with Crippen molar-refractivity contribution >= 4 is 17.7 Å². The van der Waals surface area contributed by atoms with E-state index in [2.05, 4.69) is 16.9 Å². The maximum atomic E-state index is 12.7. The highest BCUT2D eigenvalue weighted by Gasteiger charge is 2.27. The van der Waals surface area contributed by atoms with Gasteiger partial charge in [-0.15, -0.1) is 0 Å². The van der Waals surface area contributed by atoms with Gasteiger partial charge in [-0.05, 0) is 49.6 Å². The summed E-state index contributed by atoms with van der Waals surface area (Å²) in [7, 11) is 0. The predicted octanol–water partition coefficient (Wildman–Crippen LogP) is 4.40. The lowest BCUT2D eigenvalue weighted by Crippen LogP contribution is -2.39. The van der Waals surface area contributed by atoms with E-state index in [-0.39, 0.29) is 11.8 Å². The SMILES string of the molecule is Cc1cnc(SCc2ccccn2)nc1C1CCCN(C(=O)CCc2ccco2)C1. The number of hydrogen-bond acceptors (Lipinski definition) is 6. The average molecular weight is 423 g/mol. The van der Waals surface area contributed by atoms with Gasteiger partial charge in [0.2, 0.25) is 5.91 Å². The number of aromatic nitrogens is 3. The van der Waals surface area contributed by atoms with Crippen LogP contribution in [0.25, 0.3) is 0 Å². The van der Waals surface area contributed by atoms with E-state index in [0.29, 0.717) is 12.8 Å². The number of nitrogens with zero attached hydrogens (tertiary/aromatic N) is 4.